The van der Waals surface area contributed by atoms with Crippen molar-refractivity contribution in [1.29, 1.82) is 0 Å². The Kier molecular flexibility index (Phi) is 6.56. The normalized spacial score (nSPS) is 18.1. The van der Waals surface area contributed by atoms with Crippen molar-refractivity contribution in [3.05, 3.63) is 54.6 Å². The predicted molar refractivity (Wildman–Crippen MR) is 110 cm³/mol. The SMILES string of the molecule is O=C1CCN(C(=O)c2cccnc2)CCCC(c2nc(-c3cnccn3)no2)CCN1. The number of nitrogens with one attached hydrogen (secondary N) is 1. The minimum Gasteiger partial charge on any atom is -0.356 e. The molecule has 4 heterocycles. The van der Waals surface area contributed by atoms with Gasteiger partial charge in [0.25, 0.3) is 5.91 Å². The molecule has 1 saturated heterocycles. The molecule has 0 radical (unpaired) electrons. The van der Waals surface area contributed by atoms with Crippen molar-refractivity contribution in [3.8, 4) is 11.5 Å². The Labute approximate surface area is 179 Å². The van der Waals surface area contributed by atoms with Gasteiger partial charge in [-0.15, -0.1) is 0 Å². The van der Waals surface area contributed by atoms with Crippen LogP contribution in [-0.2, 0) is 4.79 Å². The first-order valence-corrected chi connectivity index (χ1v) is 10.3. The van der Waals surface area contributed by atoms with E-state index in [2.05, 4.69) is 30.4 Å². The molecular formula is C21H23N7O3. The van der Waals surface area contributed by atoms with E-state index in [4.69, 9.17) is 4.52 Å². The third-order valence-corrected chi connectivity index (χ3v) is 5.18. The van der Waals surface area contributed by atoms with E-state index < -0.39 is 0 Å². The van der Waals surface area contributed by atoms with Gasteiger partial charge in [0.1, 0.15) is 5.69 Å². The van der Waals surface area contributed by atoms with Crippen LogP contribution in [0.5, 0.6) is 0 Å². The molecule has 31 heavy (non-hydrogen) atoms. The van der Waals surface area contributed by atoms with Crippen LogP contribution in [0.4, 0.5) is 0 Å². The molecule has 10 heteroatoms. The van der Waals surface area contributed by atoms with E-state index in [1.54, 1.807) is 48.0 Å². The summed E-state index contributed by atoms with van der Waals surface area (Å²) in [4.78, 5) is 43.5. The number of carbonyl (C=O) groups excluding carboxylic acids is 2. The van der Waals surface area contributed by atoms with Gasteiger partial charge < -0.3 is 14.7 Å². The van der Waals surface area contributed by atoms with Crippen LogP contribution < -0.4 is 5.32 Å². The molecule has 0 aliphatic carbocycles. The lowest BCUT2D eigenvalue weighted by Crippen LogP contribution is -2.35. The minimum absolute atomic E-state index is 0.0355. The number of hydrogen-bond donors (Lipinski definition) is 1. The van der Waals surface area contributed by atoms with Crippen LogP contribution in [0.1, 0.15) is 47.8 Å². The number of nitrogens with zero attached hydrogens (tertiary/aromatic N) is 6. The second-order valence-electron chi connectivity index (χ2n) is 7.31. The number of hydrogen-bond acceptors (Lipinski definition) is 8. The van der Waals surface area contributed by atoms with Crippen LogP contribution in [0, 0.1) is 0 Å². The van der Waals surface area contributed by atoms with Gasteiger partial charge in [0.05, 0.1) is 11.8 Å². The summed E-state index contributed by atoms with van der Waals surface area (Å²) in [5.41, 5.74) is 1.05. The van der Waals surface area contributed by atoms with Crippen molar-refractivity contribution in [1.82, 2.24) is 35.3 Å². The fourth-order valence-electron chi connectivity index (χ4n) is 3.54. The summed E-state index contributed by atoms with van der Waals surface area (Å²) >= 11 is 0. The van der Waals surface area contributed by atoms with Gasteiger partial charge >= 0.3 is 0 Å². The fraction of sp³-hybridized carbons (Fsp3) is 0.381. The maximum atomic E-state index is 12.9. The van der Waals surface area contributed by atoms with Crippen LogP contribution in [0.25, 0.3) is 11.5 Å². The van der Waals surface area contributed by atoms with Crippen molar-refractivity contribution >= 4 is 11.8 Å². The van der Waals surface area contributed by atoms with E-state index in [9.17, 15) is 9.59 Å². The first-order valence-electron chi connectivity index (χ1n) is 10.3. The van der Waals surface area contributed by atoms with E-state index in [0.29, 0.717) is 49.0 Å². The summed E-state index contributed by atoms with van der Waals surface area (Å²) in [5.74, 6) is 0.635. The molecule has 160 valence electrons. The summed E-state index contributed by atoms with van der Waals surface area (Å²) in [5, 5.41) is 6.94. The summed E-state index contributed by atoms with van der Waals surface area (Å²) in [7, 11) is 0. The lowest BCUT2D eigenvalue weighted by Gasteiger charge is -2.22. The summed E-state index contributed by atoms with van der Waals surface area (Å²) in [6.07, 6.45) is 10.3. The highest BCUT2D eigenvalue weighted by atomic mass is 16.5. The van der Waals surface area contributed by atoms with Crippen LogP contribution >= 0.6 is 0 Å². The van der Waals surface area contributed by atoms with Gasteiger partial charge in [-0.05, 0) is 31.4 Å². The molecule has 1 unspecified atom stereocenters. The van der Waals surface area contributed by atoms with E-state index >= 15 is 0 Å². The topological polar surface area (TPSA) is 127 Å². The summed E-state index contributed by atoms with van der Waals surface area (Å²) in [6, 6.07) is 3.46. The summed E-state index contributed by atoms with van der Waals surface area (Å²) < 4.78 is 5.50. The first-order chi connectivity index (χ1) is 15.2. The number of rotatable bonds is 3. The van der Waals surface area contributed by atoms with E-state index in [1.165, 1.54) is 0 Å². The van der Waals surface area contributed by atoms with Crippen molar-refractivity contribution < 1.29 is 14.1 Å². The highest BCUT2D eigenvalue weighted by Gasteiger charge is 2.23. The van der Waals surface area contributed by atoms with Crippen LogP contribution in [0.15, 0.2) is 47.6 Å². The molecule has 3 aromatic heterocycles. The molecule has 0 spiro atoms. The third-order valence-electron chi connectivity index (χ3n) is 5.18. The second kappa shape index (κ2) is 9.88. The maximum Gasteiger partial charge on any atom is 0.255 e. The van der Waals surface area contributed by atoms with Crippen LogP contribution in [0.2, 0.25) is 0 Å². The molecule has 2 amide bonds. The standard InChI is InChI=1S/C21H23N7O3/c29-18-6-12-28(21(30)16-3-1-7-22-13-16)11-2-4-15(5-8-25-18)20-26-19(27-31-20)17-14-23-9-10-24-17/h1,3,7,9-10,13-15H,2,4-6,8,11-12H2,(H,25,29). The molecule has 3 aromatic rings. The molecule has 1 aliphatic rings. The van der Waals surface area contributed by atoms with Crippen molar-refractivity contribution in [3.63, 3.8) is 0 Å². The highest BCUT2D eigenvalue weighted by molar-refractivity contribution is 5.94. The van der Waals surface area contributed by atoms with Gasteiger partial charge in [0, 0.05) is 56.8 Å². The van der Waals surface area contributed by atoms with Crippen LogP contribution in [-0.4, -0.2) is 61.4 Å². The molecule has 1 aliphatic heterocycles. The zero-order chi connectivity index (χ0) is 21.5. The van der Waals surface area contributed by atoms with Gasteiger partial charge in [-0.3, -0.25) is 19.6 Å². The van der Waals surface area contributed by atoms with Gasteiger partial charge in [0.2, 0.25) is 17.6 Å². The Balaban J connectivity index is 1.47. The number of aromatic nitrogens is 5. The molecule has 4 rings (SSSR count). The Morgan fingerprint density at radius 1 is 1.13 bits per heavy atom. The molecule has 1 N–H and O–H groups in total. The Hall–Kier alpha value is -3.69. The van der Waals surface area contributed by atoms with E-state index in [1.807, 2.05) is 0 Å². The smallest absolute Gasteiger partial charge is 0.255 e. The Bertz CT molecular complexity index is 1010. The Morgan fingerprint density at radius 2 is 2.03 bits per heavy atom. The molecule has 1 atom stereocenters. The molecular weight excluding hydrogens is 398 g/mol. The molecule has 0 saturated carbocycles. The molecule has 10 nitrogen and oxygen atoms in total. The van der Waals surface area contributed by atoms with Crippen molar-refractivity contribution in [2.75, 3.05) is 19.6 Å². The third kappa shape index (κ3) is 5.27. The highest BCUT2D eigenvalue weighted by Crippen LogP contribution is 2.26. The monoisotopic (exact) mass is 421 g/mol. The average Bonchev–Trinajstić information content (AvgIpc) is 3.29. The number of pyridine rings is 1. The van der Waals surface area contributed by atoms with Gasteiger partial charge in [-0.2, -0.15) is 4.98 Å². The number of carbonyl (C=O) groups is 2. The van der Waals surface area contributed by atoms with E-state index in [0.717, 1.165) is 12.8 Å². The van der Waals surface area contributed by atoms with Crippen molar-refractivity contribution in [2.24, 2.45) is 0 Å². The molecule has 0 bridgehead atoms. The maximum absolute atomic E-state index is 12.9. The van der Waals surface area contributed by atoms with Gasteiger partial charge in [0.15, 0.2) is 0 Å². The van der Waals surface area contributed by atoms with Gasteiger partial charge in [-0.1, -0.05) is 5.16 Å². The zero-order valence-electron chi connectivity index (χ0n) is 17.0. The van der Waals surface area contributed by atoms with Crippen LogP contribution in [0.3, 0.4) is 0 Å². The molecule has 0 aromatic carbocycles. The van der Waals surface area contributed by atoms with E-state index in [-0.39, 0.29) is 24.2 Å². The summed E-state index contributed by atoms with van der Waals surface area (Å²) in [6.45, 7) is 1.40. The first kappa shape index (κ1) is 20.6. The van der Waals surface area contributed by atoms with Gasteiger partial charge in [-0.25, -0.2) is 4.98 Å². The zero-order valence-corrected chi connectivity index (χ0v) is 17.0. The largest absolute Gasteiger partial charge is 0.356 e. The lowest BCUT2D eigenvalue weighted by molar-refractivity contribution is -0.121. The Morgan fingerprint density at radius 3 is 2.84 bits per heavy atom. The average molecular weight is 421 g/mol. The molecule has 1 fully saturated rings. The fourth-order valence-corrected chi connectivity index (χ4v) is 3.54. The number of amides is 2. The lowest BCUT2D eigenvalue weighted by atomic mass is 9.99. The predicted octanol–water partition coefficient (Wildman–Crippen LogP) is 1.84. The minimum atomic E-state index is -0.126. The quantitative estimate of drug-likeness (QED) is 0.679. The van der Waals surface area contributed by atoms with Crippen molar-refractivity contribution in [2.45, 2.75) is 31.6 Å². The second-order valence-corrected chi connectivity index (χ2v) is 7.31.